The van der Waals surface area contributed by atoms with Crippen molar-refractivity contribution in [1.82, 2.24) is 5.32 Å². The molecule has 7 heteroatoms. The third-order valence-corrected chi connectivity index (χ3v) is 3.82. The quantitative estimate of drug-likeness (QED) is 0.598. The monoisotopic (exact) mass is 367 g/mol. The van der Waals surface area contributed by atoms with E-state index in [0.29, 0.717) is 34.9 Å². The van der Waals surface area contributed by atoms with Gasteiger partial charge in [-0.25, -0.2) is 4.39 Å². The highest BCUT2D eigenvalue weighted by Crippen LogP contribution is 2.25. The van der Waals surface area contributed by atoms with Crippen LogP contribution in [-0.4, -0.2) is 18.4 Å². The van der Waals surface area contributed by atoms with E-state index in [9.17, 15) is 14.0 Å². The summed E-state index contributed by atoms with van der Waals surface area (Å²) >= 11 is 0. The first kappa shape index (κ1) is 18.2. The number of primary amides is 1. The Kier molecular flexibility index (Phi) is 5.51. The normalized spacial score (nSPS) is 10.4. The first-order valence-corrected chi connectivity index (χ1v) is 8.27. The molecule has 2 amide bonds. The zero-order valence-corrected chi connectivity index (χ0v) is 14.4. The van der Waals surface area contributed by atoms with Crippen LogP contribution in [0.25, 0.3) is 11.3 Å². The first-order valence-electron chi connectivity index (χ1n) is 8.27. The minimum Gasteiger partial charge on any atom is -0.459 e. The van der Waals surface area contributed by atoms with Crippen LogP contribution in [-0.2, 0) is 11.3 Å². The molecule has 0 saturated carbocycles. The molecular formula is C20H18FN3O3. The molecule has 0 saturated heterocycles. The van der Waals surface area contributed by atoms with Crippen molar-refractivity contribution in [2.45, 2.75) is 6.54 Å². The van der Waals surface area contributed by atoms with Crippen molar-refractivity contribution >= 4 is 17.5 Å². The number of nitrogens with two attached hydrogens (primary N) is 1. The number of benzene rings is 2. The number of hydrogen-bond donors (Lipinski definition) is 3. The maximum absolute atomic E-state index is 13.8. The highest BCUT2D eigenvalue weighted by molar-refractivity contribution is 5.97. The first-order chi connectivity index (χ1) is 13.0. The van der Waals surface area contributed by atoms with Gasteiger partial charge in [0, 0.05) is 11.3 Å². The molecule has 0 fully saturated rings. The molecule has 0 bridgehead atoms. The fraction of sp³-hybridized carbons (Fsp3) is 0.100. The largest absolute Gasteiger partial charge is 0.459 e. The van der Waals surface area contributed by atoms with E-state index in [2.05, 4.69) is 10.6 Å². The lowest BCUT2D eigenvalue weighted by Crippen LogP contribution is -2.33. The van der Waals surface area contributed by atoms with Crippen molar-refractivity contribution in [1.29, 1.82) is 0 Å². The maximum atomic E-state index is 13.8. The van der Waals surface area contributed by atoms with Crippen LogP contribution in [0.1, 0.15) is 16.1 Å². The van der Waals surface area contributed by atoms with Crippen molar-refractivity contribution in [3.63, 3.8) is 0 Å². The van der Waals surface area contributed by atoms with E-state index >= 15 is 0 Å². The summed E-state index contributed by atoms with van der Waals surface area (Å²) in [5.74, 6) is -0.277. The number of anilines is 1. The van der Waals surface area contributed by atoms with Crippen molar-refractivity contribution in [2.24, 2.45) is 5.73 Å². The van der Waals surface area contributed by atoms with E-state index in [0.717, 1.165) is 0 Å². The number of halogens is 1. The number of furan rings is 1. The van der Waals surface area contributed by atoms with E-state index in [1.165, 1.54) is 6.07 Å². The van der Waals surface area contributed by atoms with Gasteiger partial charge in [0.2, 0.25) is 5.91 Å². The topological polar surface area (TPSA) is 97.4 Å². The molecule has 1 aromatic heterocycles. The molecular weight excluding hydrogens is 349 g/mol. The standard InChI is InChI=1S/C20H18FN3O3/c21-17-7-2-1-6-16(17)18-9-8-15(27-18)11-23-14-5-3-4-13(10-14)20(26)24-12-19(22)25/h1-10,23H,11-12H2,(H2,22,25)(H,24,26). The van der Waals surface area contributed by atoms with E-state index in [-0.39, 0.29) is 12.4 Å². The van der Waals surface area contributed by atoms with E-state index in [1.54, 1.807) is 54.6 Å². The summed E-state index contributed by atoms with van der Waals surface area (Å²) in [4.78, 5) is 22.7. The minimum atomic E-state index is -0.610. The van der Waals surface area contributed by atoms with Gasteiger partial charge in [-0.1, -0.05) is 18.2 Å². The lowest BCUT2D eigenvalue weighted by molar-refractivity contribution is -0.117. The average Bonchev–Trinajstić information content (AvgIpc) is 3.14. The van der Waals surface area contributed by atoms with Gasteiger partial charge in [-0.05, 0) is 42.5 Å². The second-order valence-corrected chi connectivity index (χ2v) is 5.83. The third kappa shape index (κ3) is 4.72. The molecule has 3 rings (SSSR count). The van der Waals surface area contributed by atoms with Crippen molar-refractivity contribution < 1.29 is 18.4 Å². The molecule has 4 N–H and O–H groups in total. The van der Waals surface area contributed by atoms with Crippen molar-refractivity contribution in [2.75, 3.05) is 11.9 Å². The molecule has 1 heterocycles. The molecule has 0 spiro atoms. The summed E-state index contributed by atoms with van der Waals surface area (Å²) in [7, 11) is 0. The van der Waals surface area contributed by atoms with E-state index in [1.807, 2.05) is 0 Å². The van der Waals surface area contributed by atoms with Crippen LogP contribution in [0, 0.1) is 5.82 Å². The van der Waals surface area contributed by atoms with Gasteiger partial charge < -0.3 is 20.8 Å². The van der Waals surface area contributed by atoms with Gasteiger partial charge in [0.05, 0.1) is 18.7 Å². The maximum Gasteiger partial charge on any atom is 0.251 e. The second-order valence-electron chi connectivity index (χ2n) is 5.83. The molecule has 3 aromatic rings. The molecule has 0 unspecified atom stereocenters. The number of carbonyl (C=O) groups excluding carboxylic acids is 2. The van der Waals surface area contributed by atoms with Crippen LogP contribution >= 0.6 is 0 Å². The number of carbonyl (C=O) groups is 2. The lowest BCUT2D eigenvalue weighted by atomic mass is 10.1. The van der Waals surface area contributed by atoms with Gasteiger partial charge in [0.25, 0.3) is 5.91 Å². The predicted molar refractivity (Wildman–Crippen MR) is 99.4 cm³/mol. The summed E-state index contributed by atoms with van der Waals surface area (Å²) in [6.07, 6.45) is 0. The summed E-state index contributed by atoms with van der Waals surface area (Å²) in [6.45, 7) is 0.141. The van der Waals surface area contributed by atoms with E-state index < -0.39 is 11.8 Å². The number of rotatable bonds is 7. The molecule has 0 aliphatic carbocycles. The summed E-state index contributed by atoms with van der Waals surface area (Å²) in [5, 5.41) is 5.57. The van der Waals surface area contributed by atoms with Crippen LogP contribution in [0.2, 0.25) is 0 Å². The Balaban J connectivity index is 1.64. The van der Waals surface area contributed by atoms with Crippen LogP contribution < -0.4 is 16.4 Å². The fourth-order valence-electron chi connectivity index (χ4n) is 2.51. The Morgan fingerprint density at radius 3 is 2.63 bits per heavy atom. The number of hydrogen-bond acceptors (Lipinski definition) is 4. The van der Waals surface area contributed by atoms with Crippen molar-refractivity contribution in [3.05, 3.63) is 77.8 Å². The minimum absolute atomic E-state index is 0.221. The highest BCUT2D eigenvalue weighted by atomic mass is 19.1. The predicted octanol–water partition coefficient (Wildman–Crippen LogP) is 2.91. The SMILES string of the molecule is NC(=O)CNC(=O)c1cccc(NCc2ccc(-c3ccccc3F)o2)c1. The van der Waals surface area contributed by atoms with Gasteiger partial charge in [0.1, 0.15) is 17.3 Å². The zero-order chi connectivity index (χ0) is 19.2. The Labute approximate surface area is 155 Å². The molecule has 0 aliphatic heterocycles. The molecule has 6 nitrogen and oxygen atoms in total. The van der Waals surface area contributed by atoms with E-state index in [4.69, 9.17) is 10.2 Å². The lowest BCUT2D eigenvalue weighted by Gasteiger charge is -2.07. The third-order valence-electron chi connectivity index (χ3n) is 3.82. The molecule has 0 atom stereocenters. The van der Waals surface area contributed by atoms with Crippen LogP contribution in [0.3, 0.4) is 0 Å². The Morgan fingerprint density at radius 2 is 1.85 bits per heavy atom. The zero-order valence-electron chi connectivity index (χ0n) is 14.4. The van der Waals surface area contributed by atoms with Gasteiger partial charge >= 0.3 is 0 Å². The van der Waals surface area contributed by atoms with Gasteiger partial charge in [-0.2, -0.15) is 0 Å². The van der Waals surface area contributed by atoms with Gasteiger partial charge in [-0.3, -0.25) is 9.59 Å². The summed E-state index contributed by atoms with van der Waals surface area (Å²) in [6, 6.07) is 16.7. The molecule has 0 aliphatic rings. The number of nitrogens with one attached hydrogen (secondary N) is 2. The van der Waals surface area contributed by atoms with Crippen molar-refractivity contribution in [3.8, 4) is 11.3 Å². The highest BCUT2D eigenvalue weighted by Gasteiger charge is 2.10. The van der Waals surface area contributed by atoms with Crippen LogP contribution in [0.15, 0.2) is 65.1 Å². The Morgan fingerprint density at radius 1 is 1.04 bits per heavy atom. The molecule has 27 heavy (non-hydrogen) atoms. The summed E-state index contributed by atoms with van der Waals surface area (Å²) in [5.41, 5.74) is 6.51. The summed E-state index contributed by atoms with van der Waals surface area (Å²) < 4.78 is 19.5. The molecule has 2 aromatic carbocycles. The van der Waals surface area contributed by atoms with Gasteiger partial charge in [-0.15, -0.1) is 0 Å². The van der Waals surface area contributed by atoms with Crippen LogP contribution in [0.4, 0.5) is 10.1 Å². The fourth-order valence-corrected chi connectivity index (χ4v) is 2.51. The molecule has 138 valence electrons. The molecule has 0 radical (unpaired) electrons. The Bertz CT molecular complexity index is 968. The van der Waals surface area contributed by atoms with Crippen LogP contribution in [0.5, 0.6) is 0 Å². The Hall–Kier alpha value is -3.61. The van der Waals surface area contributed by atoms with Gasteiger partial charge in [0.15, 0.2) is 0 Å². The average molecular weight is 367 g/mol. The smallest absolute Gasteiger partial charge is 0.251 e. The number of amides is 2. The second kappa shape index (κ2) is 8.18.